The Morgan fingerprint density at radius 3 is 2.59 bits per heavy atom. The Labute approximate surface area is 233 Å². The highest BCUT2D eigenvalue weighted by Gasteiger charge is 2.47. The first-order valence-electron chi connectivity index (χ1n) is 13.4. The minimum atomic E-state index is -4.50. The zero-order valence-corrected chi connectivity index (χ0v) is 22.4. The van der Waals surface area contributed by atoms with E-state index in [1.54, 1.807) is 41.3 Å². The number of imidazole rings is 1. The maximum Gasteiger partial charge on any atom is 0.408 e. The monoisotopic (exact) mass is 571 g/mol. The molecule has 3 aromatic heterocycles. The lowest BCUT2D eigenvalue weighted by Crippen LogP contribution is -2.38. The summed E-state index contributed by atoms with van der Waals surface area (Å²) < 4.78 is 56.1. The van der Waals surface area contributed by atoms with Gasteiger partial charge < -0.3 is 10.6 Å². The van der Waals surface area contributed by atoms with Crippen molar-refractivity contribution in [2.24, 2.45) is 5.92 Å². The first kappa shape index (κ1) is 28.2. The number of hydrogen-bond acceptors (Lipinski definition) is 5. The van der Waals surface area contributed by atoms with Gasteiger partial charge in [-0.15, -0.1) is 0 Å². The second-order valence-corrected chi connectivity index (χ2v) is 10.1. The lowest BCUT2D eigenvalue weighted by Gasteiger charge is -2.26. The molecule has 0 aliphatic carbocycles. The Morgan fingerprint density at radius 2 is 1.93 bits per heavy atom. The van der Waals surface area contributed by atoms with Crippen molar-refractivity contribution in [3.05, 3.63) is 83.3 Å². The van der Waals surface area contributed by atoms with E-state index in [1.165, 1.54) is 22.8 Å². The van der Waals surface area contributed by atoms with Crippen molar-refractivity contribution >= 4 is 17.5 Å². The summed E-state index contributed by atoms with van der Waals surface area (Å²) in [5, 5.41) is 13.6. The molecular formula is C28H29F4N7O2. The first-order valence-corrected chi connectivity index (χ1v) is 13.4. The maximum atomic E-state index is 13.7. The lowest BCUT2D eigenvalue weighted by atomic mass is 9.87. The van der Waals surface area contributed by atoms with Crippen molar-refractivity contribution in [2.45, 2.75) is 63.8 Å². The molecule has 1 fully saturated rings. The fraction of sp³-hybridized carbons (Fsp3) is 0.393. The highest BCUT2D eigenvalue weighted by Crippen LogP contribution is 2.35. The van der Waals surface area contributed by atoms with Crippen LogP contribution in [-0.4, -0.2) is 48.4 Å². The smallest absolute Gasteiger partial charge is 0.344 e. The average molecular weight is 572 g/mol. The second kappa shape index (κ2) is 11.3. The fourth-order valence-corrected chi connectivity index (χ4v) is 5.36. The zero-order chi connectivity index (χ0) is 29.3. The molecule has 9 nitrogen and oxygen atoms in total. The van der Waals surface area contributed by atoms with Crippen molar-refractivity contribution in [3.8, 4) is 0 Å². The molecule has 0 radical (unpaired) electrons. The summed E-state index contributed by atoms with van der Waals surface area (Å²) in [7, 11) is 0. The number of halogens is 4. The molecule has 4 heterocycles. The molecule has 0 bridgehead atoms. The van der Waals surface area contributed by atoms with Crippen LogP contribution in [0.5, 0.6) is 0 Å². The normalized spacial score (nSPS) is 18.8. The summed E-state index contributed by atoms with van der Waals surface area (Å²) in [6, 6.07) is 6.88. The topological polar surface area (TPSA) is 106 Å². The summed E-state index contributed by atoms with van der Waals surface area (Å²) in [6.45, 7) is 4.33. The molecule has 4 atom stereocenters. The van der Waals surface area contributed by atoms with E-state index in [0.29, 0.717) is 35.6 Å². The summed E-state index contributed by atoms with van der Waals surface area (Å²) in [5.74, 6) is -2.48. The maximum absolute atomic E-state index is 13.7. The summed E-state index contributed by atoms with van der Waals surface area (Å²) >= 11 is 0. The molecule has 0 saturated carbocycles. The van der Waals surface area contributed by atoms with Gasteiger partial charge in [-0.25, -0.2) is 13.9 Å². The van der Waals surface area contributed by atoms with Crippen LogP contribution in [0.25, 0.3) is 5.65 Å². The molecule has 4 aromatic rings. The second-order valence-electron chi connectivity index (χ2n) is 10.1. The summed E-state index contributed by atoms with van der Waals surface area (Å²) in [6.07, 6.45) is 0.547. The van der Waals surface area contributed by atoms with Crippen molar-refractivity contribution in [2.75, 3.05) is 0 Å². The van der Waals surface area contributed by atoms with E-state index in [9.17, 15) is 27.2 Å². The lowest BCUT2D eigenvalue weighted by molar-refractivity contribution is -0.154. The van der Waals surface area contributed by atoms with Gasteiger partial charge in [-0.3, -0.25) is 14.3 Å². The molecule has 5 rings (SSSR count). The van der Waals surface area contributed by atoms with Crippen LogP contribution in [0.1, 0.15) is 66.0 Å². The fourth-order valence-electron chi connectivity index (χ4n) is 5.36. The minimum absolute atomic E-state index is 0.0818. The molecule has 2 N–H and O–H groups in total. The Kier molecular flexibility index (Phi) is 7.78. The third-order valence-electron chi connectivity index (χ3n) is 7.47. The Hall–Kier alpha value is -4.29. The number of amides is 2. The highest BCUT2D eigenvalue weighted by atomic mass is 19.4. The van der Waals surface area contributed by atoms with Gasteiger partial charge in [-0.1, -0.05) is 19.1 Å². The molecule has 0 spiro atoms. The van der Waals surface area contributed by atoms with Crippen molar-refractivity contribution in [3.63, 3.8) is 0 Å². The van der Waals surface area contributed by atoms with Crippen LogP contribution >= 0.6 is 0 Å². The molecule has 216 valence electrons. The average Bonchev–Trinajstić information content (AvgIpc) is 3.67. The van der Waals surface area contributed by atoms with Crippen molar-refractivity contribution in [1.82, 2.24) is 35.0 Å². The third kappa shape index (κ3) is 5.93. The number of nitrogens with zero attached hydrogens (tertiary/aromatic N) is 5. The molecule has 2 amide bonds. The molecule has 1 saturated heterocycles. The van der Waals surface area contributed by atoms with E-state index in [1.807, 2.05) is 19.2 Å². The molecule has 1 aliphatic rings. The van der Waals surface area contributed by atoms with Crippen LogP contribution in [0, 0.1) is 11.7 Å². The standard InChI is InChI=1S/C28H29F4N7O2/c1-3-20(17-5-7-19(29)8-6-17)25(37-27(41)22-9-10-33-38(22)4-2)21-15-39-24(35-21)12-16(14-34-39)11-18-13-23(28(30,31)32)36-26(18)40/h5-10,12,14-15,18,20,23,25H,3-4,11,13H2,1-2H3,(H,36,40)(H,37,41)/t18?,20-,23-,25-/m0/s1. The Morgan fingerprint density at radius 1 is 1.17 bits per heavy atom. The molecule has 1 aromatic carbocycles. The zero-order valence-electron chi connectivity index (χ0n) is 22.4. The van der Waals surface area contributed by atoms with Gasteiger partial charge in [0.2, 0.25) is 5.91 Å². The first-order chi connectivity index (χ1) is 19.6. The van der Waals surface area contributed by atoms with Gasteiger partial charge >= 0.3 is 6.18 Å². The van der Waals surface area contributed by atoms with E-state index < -0.39 is 30.1 Å². The minimum Gasteiger partial charge on any atom is -0.344 e. The number of aromatic nitrogens is 5. The van der Waals surface area contributed by atoms with Crippen LogP contribution < -0.4 is 10.6 Å². The quantitative estimate of drug-likeness (QED) is 0.291. The number of benzene rings is 1. The number of aryl methyl sites for hydroxylation is 1. The van der Waals surface area contributed by atoms with E-state index >= 15 is 0 Å². The number of carbonyl (C=O) groups is 2. The summed E-state index contributed by atoms with van der Waals surface area (Å²) in [5.41, 5.74) is 2.66. The van der Waals surface area contributed by atoms with Gasteiger partial charge in [0.1, 0.15) is 17.6 Å². The predicted molar refractivity (Wildman–Crippen MR) is 140 cm³/mol. The van der Waals surface area contributed by atoms with E-state index in [-0.39, 0.29) is 30.5 Å². The number of hydrogen-bond donors (Lipinski definition) is 2. The Bertz CT molecular complexity index is 1550. The number of rotatable bonds is 9. The predicted octanol–water partition coefficient (Wildman–Crippen LogP) is 4.36. The molecule has 41 heavy (non-hydrogen) atoms. The van der Waals surface area contributed by atoms with Gasteiger partial charge in [0, 0.05) is 24.6 Å². The van der Waals surface area contributed by atoms with Crippen LogP contribution in [0.15, 0.2) is 55.0 Å². The van der Waals surface area contributed by atoms with E-state index in [0.717, 1.165) is 5.56 Å². The van der Waals surface area contributed by atoms with Gasteiger partial charge in [0.25, 0.3) is 5.91 Å². The van der Waals surface area contributed by atoms with Crippen molar-refractivity contribution in [1.29, 1.82) is 0 Å². The van der Waals surface area contributed by atoms with Crippen LogP contribution in [0.4, 0.5) is 17.6 Å². The third-order valence-corrected chi connectivity index (χ3v) is 7.47. The molecule has 1 aliphatic heterocycles. The van der Waals surface area contributed by atoms with Gasteiger partial charge in [-0.2, -0.15) is 23.4 Å². The van der Waals surface area contributed by atoms with Gasteiger partial charge in [0.05, 0.1) is 24.1 Å². The molecular weight excluding hydrogens is 542 g/mol. The van der Waals surface area contributed by atoms with Crippen LogP contribution in [-0.2, 0) is 17.8 Å². The van der Waals surface area contributed by atoms with Gasteiger partial charge in [-0.05, 0) is 61.6 Å². The number of nitrogens with one attached hydrogen (secondary N) is 2. The highest BCUT2D eigenvalue weighted by molar-refractivity contribution is 5.92. The SMILES string of the molecule is CC[C@@H](c1ccc(F)cc1)[C@H](NC(=O)c1ccnn1CC)c1cn2ncc(CC3C[C@@H](C(F)(F)F)NC3=O)cc2n1. The largest absolute Gasteiger partial charge is 0.408 e. The summed E-state index contributed by atoms with van der Waals surface area (Å²) in [4.78, 5) is 30.3. The van der Waals surface area contributed by atoms with E-state index in [2.05, 4.69) is 15.5 Å². The molecule has 1 unspecified atom stereocenters. The van der Waals surface area contributed by atoms with E-state index in [4.69, 9.17) is 4.98 Å². The Balaban J connectivity index is 1.46. The van der Waals surface area contributed by atoms with Crippen LogP contribution in [0.2, 0.25) is 0 Å². The van der Waals surface area contributed by atoms with Crippen molar-refractivity contribution < 1.29 is 27.2 Å². The number of alkyl halides is 3. The van der Waals surface area contributed by atoms with Gasteiger partial charge in [0.15, 0.2) is 5.65 Å². The van der Waals surface area contributed by atoms with Crippen LogP contribution in [0.3, 0.4) is 0 Å². The number of fused-ring (bicyclic) bond motifs is 1. The molecule has 13 heteroatoms. The number of carbonyl (C=O) groups excluding carboxylic acids is 2.